The van der Waals surface area contributed by atoms with Gasteiger partial charge in [-0.2, -0.15) is 0 Å². The highest BCUT2D eigenvalue weighted by Crippen LogP contribution is 2.11. The Morgan fingerprint density at radius 1 is 1.56 bits per heavy atom. The Labute approximate surface area is 95.8 Å². The maximum absolute atomic E-state index is 11.5. The van der Waals surface area contributed by atoms with Gasteiger partial charge in [0.2, 0.25) is 11.8 Å². The fraction of sp³-hybridized carbons (Fsp3) is 0.818. The fourth-order valence-corrected chi connectivity index (χ4v) is 1.73. The number of hydrogen-bond acceptors (Lipinski definition) is 4. The molecule has 2 atom stereocenters. The van der Waals surface area contributed by atoms with Gasteiger partial charge < -0.3 is 10.4 Å². The van der Waals surface area contributed by atoms with Crippen LogP contribution in [0, 0.1) is 5.92 Å². The quantitative estimate of drug-likeness (QED) is 0.485. The molecule has 0 saturated carbocycles. The van der Waals surface area contributed by atoms with Crippen molar-refractivity contribution in [2.45, 2.75) is 32.2 Å². The van der Waals surface area contributed by atoms with Gasteiger partial charge in [-0.3, -0.25) is 14.5 Å². The minimum Gasteiger partial charge on any atom is -0.396 e. The number of aliphatic hydroxyl groups is 1. The molecule has 1 fully saturated rings. The highest BCUT2D eigenvalue weighted by molar-refractivity contribution is 6.05. The van der Waals surface area contributed by atoms with E-state index in [4.69, 9.17) is 5.11 Å². The summed E-state index contributed by atoms with van der Waals surface area (Å²) < 4.78 is 0. The van der Waals surface area contributed by atoms with Gasteiger partial charge in [0, 0.05) is 13.7 Å². The first-order chi connectivity index (χ1) is 7.56. The van der Waals surface area contributed by atoms with Gasteiger partial charge in [-0.15, -0.1) is 0 Å². The van der Waals surface area contributed by atoms with Crippen LogP contribution in [0.25, 0.3) is 0 Å². The number of nitrogens with zero attached hydrogens (tertiary/aromatic N) is 1. The third kappa shape index (κ3) is 3.28. The number of aliphatic hydroxyl groups excluding tert-OH is 1. The molecule has 92 valence electrons. The van der Waals surface area contributed by atoms with E-state index in [0.29, 0.717) is 12.5 Å². The average molecular weight is 228 g/mol. The number of likely N-dealkylation sites (N-methyl/N-ethyl adjacent to an activating group) is 1. The van der Waals surface area contributed by atoms with Crippen LogP contribution in [-0.4, -0.2) is 48.1 Å². The Morgan fingerprint density at radius 3 is 2.75 bits per heavy atom. The van der Waals surface area contributed by atoms with Gasteiger partial charge in [-0.05, 0) is 25.3 Å². The van der Waals surface area contributed by atoms with Crippen LogP contribution in [0.5, 0.6) is 0 Å². The number of amides is 2. The number of hydrogen-bond donors (Lipinski definition) is 2. The first-order valence-corrected chi connectivity index (χ1v) is 5.71. The van der Waals surface area contributed by atoms with Gasteiger partial charge in [0.15, 0.2) is 0 Å². The van der Waals surface area contributed by atoms with Gasteiger partial charge in [0.1, 0.15) is 0 Å². The molecule has 1 aliphatic rings. The van der Waals surface area contributed by atoms with Gasteiger partial charge in [0.05, 0.1) is 12.5 Å². The summed E-state index contributed by atoms with van der Waals surface area (Å²) in [5, 5.41) is 11.9. The van der Waals surface area contributed by atoms with Crippen LogP contribution in [0.3, 0.4) is 0 Å². The van der Waals surface area contributed by atoms with E-state index in [0.717, 1.165) is 12.8 Å². The van der Waals surface area contributed by atoms with E-state index in [1.807, 2.05) is 6.92 Å². The van der Waals surface area contributed by atoms with E-state index in [-0.39, 0.29) is 30.9 Å². The fourth-order valence-electron chi connectivity index (χ4n) is 1.73. The zero-order valence-corrected chi connectivity index (χ0v) is 9.90. The second-order valence-corrected chi connectivity index (χ2v) is 4.43. The third-order valence-electron chi connectivity index (χ3n) is 2.96. The lowest BCUT2D eigenvalue weighted by atomic mass is 10.1. The molecule has 1 saturated heterocycles. The predicted molar refractivity (Wildman–Crippen MR) is 59.7 cm³/mol. The van der Waals surface area contributed by atoms with Crippen LogP contribution in [-0.2, 0) is 9.59 Å². The second kappa shape index (κ2) is 5.96. The molecule has 5 heteroatoms. The van der Waals surface area contributed by atoms with Crippen molar-refractivity contribution in [1.29, 1.82) is 0 Å². The summed E-state index contributed by atoms with van der Waals surface area (Å²) in [5.41, 5.74) is 0. The van der Waals surface area contributed by atoms with E-state index in [1.54, 1.807) is 0 Å². The average Bonchev–Trinajstić information content (AvgIpc) is 2.52. The van der Waals surface area contributed by atoms with Crippen LogP contribution < -0.4 is 5.32 Å². The minimum atomic E-state index is -0.345. The number of likely N-dealkylation sites (tertiary alicyclic amines) is 1. The Morgan fingerprint density at radius 2 is 2.25 bits per heavy atom. The molecular formula is C11H20N2O3. The molecule has 16 heavy (non-hydrogen) atoms. The summed E-state index contributed by atoms with van der Waals surface area (Å²) >= 11 is 0. The third-order valence-corrected chi connectivity index (χ3v) is 2.96. The summed E-state index contributed by atoms with van der Waals surface area (Å²) in [6.07, 6.45) is 2.10. The first-order valence-electron chi connectivity index (χ1n) is 5.71. The normalized spacial score (nSPS) is 22.9. The van der Waals surface area contributed by atoms with Crippen LogP contribution in [0.15, 0.2) is 0 Å². The summed E-state index contributed by atoms with van der Waals surface area (Å²) in [7, 11) is 1.51. The number of nitrogens with one attached hydrogen (secondary N) is 1. The molecule has 0 bridgehead atoms. The van der Waals surface area contributed by atoms with E-state index < -0.39 is 0 Å². The van der Waals surface area contributed by atoms with Gasteiger partial charge in [-0.25, -0.2) is 0 Å². The molecule has 1 rings (SSSR count). The van der Waals surface area contributed by atoms with Crippen LogP contribution >= 0.6 is 0 Å². The molecular weight excluding hydrogens is 208 g/mol. The van der Waals surface area contributed by atoms with E-state index >= 15 is 0 Å². The minimum absolute atomic E-state index is 0.119. The van der Waals surface area contributed by atoms with Gasteiger partial charge in [-0.1, -0.05) is 6.92 Å². The Balaban J connectivity index is 2.19. The lowest BCUT2D eigenvalue weighted by Crippen LogP contribution is -2.37. The topological polar surface area (TPSA) is 69.6 Å². The predicted octanol–water partition coefficient (Wildman–Crippen LogP) is -0.258. The molecule has 0 spiro atoms. The van der Waals surface area contributed by atoms with Crippen molar-refractivity contribution >= 4 is 11.8 Å². The molecule has 2 unspecified atom stereocenters. The van der Waals surface area contributed by atoms with Crippen molar-refractivity contribution in [3.05, 3.63) is 0 Å². The first kappa shape index (κ1) is 13.1. The smallest absolute Gasteiger partial charge is 0.246 e. The highest BCUT2D eigenvalue weighted by atomic mass is 16.3. The van der Waals surface area contributed by atoms with Crippen molar-refractivity contribution in [3.8, 4) is 0 Å². The van der Waals surface area contributed by atoms with E-state index in [9.17, 15) is 9.59 Å². The van der Waals surface area contributed by atoms with Crippen molar-refractivity contribution in [3.63, 3.8) is 0 Å². The highest BCUT2D eigenvalue weighted by Gasteiger charge is 2.35. The summed E-state index contributed by atoms with van der Waals surface area (Å²) in [4.78, 5) is 23.9. The molecule has 2 amide bonds. The Hall–Kier alpha value is -0.940. The largest absolute Gasteiger partial charge is 0.396 e. The number of carbonyl (C=O) groups excluding carboxylic acids is 2. The van der Waals surface area contributed by atoms with Crippen molar-refractivity contribution in [2.24, 2.45) is 5.92 Å². The Bertz CT molecular complexity index is 268. The van der Waals surface area contributed by atoms with Crippen LogP contribution in [0.4, 0.5) is 0 Å². The van der Waals surface area contributed by atoms with Crippen molar-refractivity contribution < 1.29 is 14.7 Å². The molecule has 0 aromatic heterocycles. The zero-order valence-electron chi connectivity index (χ0n) is 9.90. The summed E-state index contributed by atoms with van der Waals surface area (Å²) in [6, 6.07) is -0.345. The SMILES string of the molecule is CC(CO)CCCNC1CC(=O)N(C)C1=O. The molecule has 1 aliphatic heterocycles. The molecule has 1 heterocycles. The lowest BCUT2D eigenvalue weighted by Gasteiger charge is -2.12. The monoisotopic (exact) mass is 228 g/mol. The number of rotatable bonds is 6. The molecule has 0 aromatic carbocycles. The van der Waals surface area contributed by atoms with Crippen molar-refractivity contribution in [1.82, 2.24) is 10.2 Å². The van der Waals surface area contributed by atoms with Crippen LogP contribution in [0.2, 0.25) is 0 Å². The standard InChI is InChI=1S/C11H20N2O3/c1-8(7-14)4-3-5-12-9-6-10(15)13(2)11(9)16/h8-9,12,14H,3-7H2,1-2H3. The molecule has 0 radical (unpaired) electrons. The summed E-state index contributed by atoms with van der Waals surface area (Å²) in [5.74, 6) is 0.0387. The molecule has 5 nitrogen and oxygen atoms in total. The second-order valence-electron chi connectivity index (χ2n) is 4.43. The maximum Gasteiger partial charge on any atom is 0.246 e. The van der Waals surface area contributed by atoms with Crippen molar-refractivity contribution in [2.75, 3.05) is 20.2 Å². The number of imide groups is 1. The van der Waals surface area contributed by atoms with Crippen LogP contribution in [0.1, 0.15) is 26.2 Å². The maximum atomic E-state index is 11.5. The zero-order chi connectivity index (χ0) is 12.1. The molecule has 0 aliphatic carbocycles. The lowest BCUT2D eigenvalue weighted by molar-refractivity contribution is -0.137. The van der Waals surface area contributed by atoms with E-state index in [2.05, 4.69) is 5.32 Å². The molecule has 0 aromatic rings. The molecule has 2 N–H and O–H groups in total. The van der Waals surface area contributed by atoms with E-state index in [1.165, 1.54) is 11.9 Å². The Kier molecular flexibility index (Phi) is 4.89. The number of carbonyl (C=O) groups is 2. The van der Waals surface area contributed by atoms with Gasteiger partial charge >= 0.3 is 0 Å². The summed E-state index contributed by atoms with van der Waals surface area (Å²) in [6.45, 7) is 2.89. The van der Waals surface area contributed by atoms with Gasteiger partial charge in [0.25, 0.3) is 0 Å².